The number of carbonyl (C=O) groups is 1. The number of rotatable bonds is 8. The molecule has 1 amide bonds. The average molecular weight is 315 g/mol. The number of nitrogen functional groups attached to an aromatic ring is 1. The van der Waals surface area contributed by atoms with E-state index >= 15 is 0 Å². The van der Waals surface area contributed by atoms with Gasteiger partial charge < -0.3 is 15.8 Å². The van der Waals surface area contributed by atoms with Crippen LogP contribution < -0.4 is 20.5 Å². The van der Waals surface area contributed by atoms with Gasteiger partial charge >= 0.3 is 0 Å². The van der Waals surface area contributed by atoms with E-state index in [4.69, 9.17) is 10.5 Å². The Labute approximate surface area is 124 Å². The van der Waals surface area contributed by atoms with Crippen LogP contribution in [0.5, 0.6) is 5.75 Å². The van der Waals surface area contributed by atoms with Crippen molar-refractivity contribution in [3.05, 3.63) is 23.8 Å². The number of nitrogens with two attached hydrogens (primary N) is 1. The van der Waals surface area contributed by atoms with Gasteiger partial charge in [0, 0.05) is 30.4 Å². The summed E-state index contributed by atoms with van der Waals surface area (Å²) < 4.78 is 29.4. The fraction of sp³-hybridized carbons (Fsp3) is 0.462. The number of sulfonamides is 1. The number of carbonyl (C=O) groups excluding carboxylic acids is 1. The van der Waals surface area contributed by atoms with Crippen LogP contribution in [0, 0.1) is 0 Å². The molecule has 0 spiro atoms. The van der Waals surface area contributed by atoms with Crippen molar-refractivity contribution in [1.82, 2.24) is 10.0 Å². The van der Waals surface area contributed by atoms with Crippen molar-refractivity contribution in [3.8, 4) is 5.75 Å². The lowest BCUT2D eigenvalue weighted by atomic mass is 10.1. The van der Waals surface area contributed by atoms with Gasteiger partial charge in [0.15, 0.2) is 0 Å². The van der Waals surface area contributed by atoms with Crippen LogP contribution in [-0.2, 0) is 10.0 Å². The molecule has 7 nitrogen and oxygen atoms in total. The van der Waals surface area contributed by atoms with Gasteiger partial charge in [-0.05, 0) is 25.5 Å². The average Bonchev–Trinajstić information content (AvgIpc) is 2.36. The zero-order valence-electron chi connectivity index (χ0n) is 12.2. The van der Waals surface area contributed by atoms with E-state index in [1.807, 2.05) is 6.92 Å². The SMILES string of the molecule is CCOc1cc(N)cc(C(=O)NCCCNS(C)(=O)=O)c1. The molecule has 4 N–H and O–H groups in total. The third kappa shape index (κ3) is 6.96. The lowest BCUT2D eigenvalue weighted by Crippen LogP contribution is -2.29. The van der Waals surface area contributed by atoms with Crippen LogP contribution in [0.2, 0.25) is 0 Å². The number of ether oxygens (including phenoxy) is 1. The Bertz CT molecular complexity index is 587. The molecule has 0 aromatic heterocycles. The topological polar surface area (TPSA) is 111 Å². The first kappa shape index (κ1) is 17.3. The van der Waals surface area contributed by atoms with Crippen LogP contribution in [0.1, 0.15) is 23.7 Å². The molecule has 0 saturated heterocycles. The summed E-state index contributed by atoms with van der Waals surface area (Å²) in [5, 5.41) is 2.70. The predicted octanol–water partition coefficient (Wildman–Crippen LogP) is 0.337. The number of benzene rings is 1. The molecule has 0 heterocycles. The molecular formula is C13H21N3O4S. The van der Waals surface area contributed by atoms with Crippen LogP contribution >= 0.6 is 0 Å². The van der Waals surface area contributed by atoms with Crippen molar-refractivity contribution in [3.63, 3.8) is 0 Å². The standard InChI is InChI=1S/C13H21N3O4S/c1-3-20-12-8-10(7-11(14)9-12)13(17)15-5-4-6-16-21(2,18)19/h7-9,16H,3-6,14H2,1-2H3,(H,15,17). The number of anilines is 1. The van der Waals surface area contributed by atoms with Crippen molar-refractivity contribution >= 4 is 21.6 Å². The molecule has 8 heteroatoms. The Hall–Kier alpha value is -1.80. The van der Waals surface area contributed by atoms with Crippen molar-refractivity contribution in [2.24, 2.45) is 0 Å². The summed E-state index contributed by atoms with van der Waals surface area (Å²) >= 11 is 0. The van der Waals surface area contributed by atoms with Crippen LogP contribution in [0.4, 0.5) is 5.69 Å². The summed E-state index contributed by atoms with van der Waals surface area (Å²) in [4.78, 5) is 12.0. The highest BCUT2D eigenvalue weighted by molar-refractivity contribution is 7.88. The predicted molar refractivity (Wildman–Crippen MR) is 81.8 cm³/mol. The minimum absolute atomic E-state index is 0.275. The van der Waals surface area contributed by atoms with E-state index < -0.39 is 10.0 Å². The molecule has 0 aliphatic heterocycles. The smallest absolute Gasteiger partial charge is 0.251 e. The summed E-state index contributed by atoms with van der Waals surface area (Å²) in [5.74, 6) is 0.268. The van der Waals surface area contributed by atoms with Gasteiger partial charge in [0.2, 0.25) is 10.0 Å². The van der Waals surface area contributed by atoms with Gasteiger partial charge in [-0.2, -0.15) is 0 Å². The maximum absolute atomic E-state index is 12.0. The van der Waals surface area contributed by atoms with E-state index in [1.165, 1.54) is 0 Å². The van der Waals surface area contributed by atoms with Crippen molar-refractivity contribution in [2.45, 2.75) is 13.3 Å². The van der Waals surface area contributed by atoms with Gasteiger partial charge in [-0.3, -0.25) is 4.79 Å². The zero-order valence-corrected chi connectivity index (χ0v) is 13.0. The van der Waals surface area contributed by atoms with E-state index in [1.54, 1.807) is 18.2 Å². The van der Waals surface area contributed by atoms with Crippen LogP contribution in [-0.4, -0.2) is 40.3 Å². The van der Waals surface area contributed by atoms with Crippen LogP contribution in [0.15, 0.2) is 18.2 Å². The quantitative estimate of drug-likeness (QED) is 0.473. The van der Waals surface area contributed by atoms with Gasteiger partial charge in [0.05, 0.1) is 12.9 Å². The normalized spacial score (nSPS) is 11.1. The third-order valence-electron chi connectivity index (χ3n) is 2.51. The lowest BCUT2D eigenvalue weighted by molar-refractivity contribution is 0.0953. The summed E-state index contributed by atoms with van der Waals surface area (Å²) in [5.41, 5.74) is 6.58. The second-order valence-electron chi connectivity index (χ2n) is 4.50. The molecule has 0 bridgehead atoms. The maximum atomic E-state index is 12.0. The Morgan fingerprint density at radius 2 is 2.00 bits per heavy atom. The summed E-state index contributed by atoms with van der Waals surface area (Å²) in [6.07, 6.45) is 1.59. The summed E-state index contributed by atoms with van der Waals surface area (Å²) in [6, 6.07) is 4.83. The van der Waals surface area contributed by atoms with Crippen LogP contribution in [0.25, 0.3) is 0 Å². The van der Waals surface area contributed by atoms with Gasteiger partial charge in [0.25, 0.3) is 5.91 Å². The van der Waals surface area contributed by atoms with Crippen molar-refractivity contribution in [2.75, 3.05) is 31.7 Å². The number of nitrogens with one attached hydrogen (secondary N) is 2. The fourth-order valence-electron chi connectivity index (χ4n) is 1.65. The second-order valence-corrected chi connectivity index (χ2v) is 6.33. The molecule has 1 aromatic rings. The van der Waals surface area contributed by atoms with E-state index in [2.05, 4.69) is 10.0 Å². The van der Waals surface area contributed by atoms with Crippen LogP contribution in [0.3, 0.4) is 0 Å². The highest BCUT2D eigenvalue weighted by atomic mass is 32.2. The Balaban J connectivity index is 2.48. The molecule has 118 valence electrons. The molecule has 1 aromatic carbocycles. The molecule has 1 rings (SSSR count). The number of amides is 1. The largest absolute Gasteiger partial charge is 0.494 e. The molecule has 0 aliphatic carbocycles. The molecule has 0 fully saturated rings. The molecule has 0 radical (unpaired) electrons. The first-order chi connectivity index (χ1) is 9.81. The zero-order chi connectivity index (χ0) is 15.9. The van der Waals surface area contributed by atoms with Gasteiger partial charge in [0.1, 0.15) is 5.75 Å². The van der Waals surface area contributed by atoms with Gasteiger partial charge in [-0.15, -0.1) is 0 Å². The van der Waals surface area contributed by atoms with Crippen molar-refractivity contribution < 1.29 is 17.9 Å². The second kappa shape index (κ2) is 7.84. The van der Waals surface area contributed by atoms with Gasteiger partial charge in [-0.25, -0.2) is 13.1 Å². The summed E-state index contributed by atoms with van der Waals surface area (Å²) in [7, 11) is -3.19. The molecule has 21 heavy (non-hydrogen) atoms. The van der Waals surface area contributed by atoms with E-state index in [-0.39, 0.29) is 12.5 Å². The Morgan fingerprint density at radius 1 is 1.29 bits per heavy atom. The highest BCUT2D eigenvalue weighted by Crippen LogP contribution is 2.18. The van der Waals surface area contributed by atoms with Crippen molar-refractivity contribution in [1.29, 1.82) is 0 Å². The third-order valence-corrected chi connectivity index (χ3v) is 3.23. The molecule has 0 unspecified atom stereocenters. The Kier molecular flexibility index (Phi) is 6.44. The molecular weight excluding hydrogens is 294 g/mol. The summed E-state index contributed by atoms with van der Waals surface area (Å²) in [6.45, 7) is 2.97. The van der Waals surface area contributed by atoms with E-state index in [9.17, 15) is 13.2 Å². The first-order valence-electron chi connectivity index (χ1n) is 6.58. The van der Waals surface area contributed by atoms with E-state index in [0.717, 1.165) is 6.26 Å². The molecule has 0 aliphatic rings. The first-order valence-corrected chi connectivity index (χ1v) is 8.47. The Morgan fingerprint density at radius 3 is 2.62 bits per heavy atom. The van der Waals surface area contributed by atoms with Gasteiger partial charge in [-0.1, -0.05) is 0 Å². The molecule has 0 saturated carbocycles. The minimum atomic E-state index is -3.19. The highest BCUT2D eigenvalue weighted by Gasteiger charge is 2.08. The maximum Gasteiger partial charge on any atom is 0.251 e. The molecule has 0 atom stereocenters. The van der Waals surface area contributed by atoms with E-state index in [0.29, 0.717) is 36.6 Å². The minimum Gasteiger partial charge on any atom is -0.494 e. The monoisotopic (exact) mass is 315 g/mol. The lowest BCUT2D eigenvalue weighted by Gasteiger charge is -2.09. The fourth-order valence-corrected chi connectivity index (χ4v) is 2.17. The number of hydrogen-bond donors (Lipinski definition) is 3. The number of hydrogen-bond acceptors (Lipinski definition) is 5.